The number of nitrogens with zero attached hydrogens (tertiary/aromatic N) is 1. The molecule has 0 N–H and O–H groups in total. The van der Waals surface area contributed by atoms with Crippen molar-refractivity contribution in [3.05, 3.63) is 35.4 Å². The van der Waals surface area contributed by atoms with Crippen LogP contribution >= 0.6 is 11.6 Å². The molecule has 18 heavy (non-hydrogen) atoms. The number of ether oxygens (including phenoxy) is 1. The summed E-state index contributed by atoms with van der Waals surface area (Å²) in [5.74, 6) is -0.280. The van der Waals surface area contributed by atoms with Crippen LogP contribution in [0.5, 0.6) is 0 Å². The van der Waals surface area contributed by atoms with Gasteiger partial charge in [-0.1, -0.05) is 12.1 Å². The number of hydrogen-bond donors (Lipinski definition) is 0. The Balaban J connectivity index is 2.85. The minimum absolute atomic E-state index is 0.0447. The number of rotatable bonds is 5. The van der Waals surface area contributed by atoms with Crippen molar-refractivity contribution in [1.29, 1.82) is 0 Å². The number of esters is 1. The molecule has 0 saturated carbocycles. The zero-order valence-corrected chi connectivity index (χ0v) is 11.2. The molecular weight excluding hydrogens is 254 g/mol. The van der Waals surface area contributed by atoms with Crippen LogP contribution < -0.4 is 0 Å². The highest BCUT2D eigenvalue weighted by Crippen LogP contribution is 2.10. The highest BCUT2D eigenvalue weighted by Gasteiger charge is 2.17. The lowest BCUT2D eigenvalue weighted by atomic mass is 10.1. The second-order valence-corrected chi connectivity index (χ2v) is 4.00. The van der Waals surface area contributed by atoms with Crippen molar-refractivity contribution < 1.29 is 14.3 Å². The molecule has 5 heteroatoms. The summed E-state index contributed by atoms with van der Waals surface area (Å²) in [6, 6.07) is 7.06. The van der Waals surface area contributed by atoms with Gasteiger partial charge in [-0.15, -0.1) is 11.6 Å². The molecule has 4 nitrogen and oxygen atoms in total. The van der Waals surface area contributed by atoms with Gasteiger partial charge in [0.15, 0.2) is 0 Å². The fourth-order valence-corrected chi connectivity index (χ4v) is 1.68. The molecule has 0 atom stereocenters. The smallest absolute Gasteiger partial charge is 0.325 e. The third-order valence-electron chi connectivity index (χ3n) is 2.54. The largest absolute Gasteiger partial charge is 0.468 e. The maximum Gasteiger partial charge on any atom is 0.325 e. The van der Waals surface area contributed by atoms with Gasteiger partial charge in [-0.05, 0) is 24.6 Å². The predicted molar refractivity (Wildman–Crippen MR) is 69.6 cm³/mol. The van der Waals surface area contributed by atoms with Gasteiger partial charge in [0.25, 0.3) is 5.91 Å². The molecule has 0 radical (unpaired) electrons. The zero-order chi connectivity index (χ0) is 13.5. The van der Waals surface area contributed by atoms with E-state index in [1.807, 2.05) is 13.0 Å². The van der Waals surface area contributed by atoms with E-state index in [4.69, 9.17) is 11.6 Å². The van der Waals surface area contributed by atoms with E-state index in [2.05, 4.69) is 4.74 Å². The monoisotopic (exact) mass is 269 g/mol. The zero-order valence-electron chi connectivity index (χ0n) is 10.5. The minimum Gasteiger partial charge on any atom is -0.468 e. The first-order chi connectivity index (χ1) is 8.62. The molecule has 0 aromatic heterocycles. The molecule has 1 aromatic carbocycles. The van der Waals surface area contributed by atoms with Crippen LogP contribution in [0.4, 0.5) is 0 Å². The second-order valence-electron chi connectivity index (χ2n) is 3.73. The van der Waals surface area contributed by atoms with E-state index >= 15 is 0 Å². The molecule has 1 aromatic rings. The summed E-state index contributed by atoms with van der Waals surface area (Å²) < 4.78 is 4.56. The number of methoxy groups -OCH3 is 1. The van der Waals surface area contributed by atoms with Crippen LogP contribution in [-0.4, -0.2) is 37.0 Å². The van der Waals surface area contributed by atoms with E-state index in [1.54, 1.807) is 18.2 Å². The van der Waals surface area contributed by atoms with Crippen LogP contribution in [0.25, 0.3) is 0 Å². The Labute approximate surface area is 111 Å². The Kier molecular flexibility index (Phi) is 5.65. The van der Waals surface area contributed by atoms with E-state index in [0.717, 1.165) is 5.56 Å². The van der Waals surface area contributed by atoms with Gasteiger partial charge in [0.05, 0.1) is 7.11 Å². The maximum absolute atomic E-state index is 12.2. The molecule has 98 valence electrons. The Morgan fingerprint density at radius 1 is 1.39 bits per heavy atom. The highest BCUT2D eigenvalue weighted by atomic mass is 35.5. The van der Waals surface area contributed by atoms with Gasteiger partial charge in [-0.2, -0.15) is 0 Å². The van der Waals surface area contributed by atoms with Crippen LogP contribution in [0.3, 0.4) is 0 Å². The predicted octanol–water partition coefficient (Wildman–Crippen LogP) is 2.06. The SMILES string of the molecule is CCN(CC(=O)OC)C(=O)c1cccc(CCl)c1. The lowest BCUT2D eigenvalue weighted by Crippen LogP contribution is -2.36. The fraction of sp³-hybridized carbons (Fsp3) is 0.385. The van der Waals surface area contributed by atoms with Crippen LogP contribution in [0.1, 0.15) is 22.8 Å². The molecule has 0 fully saturated rings. The summed E-state index contributed by atoms with van der Waals surface area (Å²) in [4.78, 5) is 24.8. The summed E-state index contributed by atoms with van der Waals surface area (Å²) in [6.07, 6.45) is 0. The van der Waals surface area contributed by atoms with Crippen LogP contribution in [0, 0.1) is 0 Å². The molecule has 0 unspecified atom stereocenters. The molecule has 0 aliphatic carbocycles. The Morgan fingerprint density at radius 2 is 2.11 bits per heavy atom. The van der Waals surface area contributed by atoms with Crippen molar-refractivity contribution in [2.24, 2.45) is 0 Å². The quantitative estimate of drug-likeness (QED) is 0.607. The first-order valence-electron chi connectivity index (χ1n) is 5.63. The standard InChI is InChI=1S/C13H16ClNO3/c1-3-15(9-12(16)18-2)13(17)11-6-4-5-10(7-11)8-14/h4-7H,3,8-9H2,1-2H3. The molecule has 0 aliphatic rings. The molecule has 0 bridgehead atoms. The molecule has 1 rings (SSSR count). The third-order valence-corrected chi connectivity index (χ3v) is 2.85. The topological polar surface area (TPSA) is 46.6 Å². The average Bonchev–Trinajstić information content (AvgIpc) is 2.43. The molecule has 0 aliphatic heterocycles. The third kappa shape index (κ3) is 3.74. The van der Waals surface area contributed by atoms with E-state index in [-0.39, 0.29) is 12.5 Å². The number of hydrogen-bond acceptors (Lipinski definition) is 3. The van der Waals surface area contributed by atoms with Gasteiger partial charge in [0.2, 0.25) is 0 Å². The lowest BCUT2D eigenvalue weighted by Gasteiger charge is -2.19. The number of likely N-dealkylation sites (N-methyl/N-ethyl adjacent to an activating group) is 1. The number of benzene rings is 1. The van der Waals surface area contributed by atoms with Crippen molar-refractivity contribution in [2.75, 3.05) is 20.2 Å². The van der Waals surface area contributed by atoms with Gasteiger partial charge in [-0.25, -0.2) is 0 Å². The molecule has 0 heterocycles. The normalized spacial score (nSPS) is 9.94. The minimum atomic E-state index is -0.432. The van der Waals surface area contributed by atoms with E-state index in [1.165, 1.54) is 12.0 Å². The highest BCUT2D eigenvalue weighted by molar-refractivity contribution is 6.17. The lowest BCUT2D eigenvalue weighted by molar-refractivity contribution is -0.141. The van der Waals surface area contributed by atoms with Crippen molar-refractivity contribution in [3.8, 4) is 0 Å². The van der Waals surface area contributed by atoms with E-state index in [9.17, 15) is 9.59 Å². The van der Waals surface area contributed by atoms with E-state index < -0.39 is 5.97 Å². The van der Waals surface area contributed by atoms with Crippen molar-refractivity contribution in [2.45, 2.75) is 12.8 Å². The molecule has 1 amide bonds. The van der Waals surface area contributed by atoms with Crippen molar-refractivity contribution in [3.63, 3.8) is 0 Å². The van der Waals surface area contributed by atoms with Gasteiger partial charge in [-0.3, -0.25) is 9.59 Å². The van der Waals surface area contributed by atoms with Crippen LogP contribution in [0.15, 0.2) is 24.3 Å². The first-order valence-corrected chi connectivity index (χ1v) is 6.16. The Bertz CT molecular complexity index is 434. The molecule has 0 saturated heterocycles. The summed E-state index contributed by atoms with van der Waals surface area (Å²) in [5.41, 5.74) is 1.40. The first kappa shape index (κ1) is 14.5. The van der Waals surface area contributed by atoms with Crippen LogP contribution in [0.2, 0.25) is 0 Å². The fourth-order valence-electron chi connectivity index (χ4n) is 1.52. The number of carbonyl (C=O) groups is 2. The maximum atomic E-state index is 12.2. The van der Waals surface area contributed by atoms with Gasteiger partial charge >= 0.3 is 5.97 Å². The average molecular weight is 270 g/mol. The van der Waals surface area contributed by atoms with Crippen LogP contribution in [-0.2, 0) is 15.4 Å². The summed E-state index contributed by atoms with van der Waals surface area (Å²) in [7, 11) is 1.30. The summed E-state index contributed by atoms with van der Waals surface area (Å²) in [5, 5.41) is 0. The van der Waals surface area contributed by atoms with Gasteiger partial charge in [0, 0.05) is 18.0 Å². The number of amides is 1. The summed E-state index contributed by atoms with van der Waals surface area (Å²) in [6.45, 7) is 2.21. The van der Waals surface area contributed by atoms with Gasteiger partial charge < -0.3 is 9.64 Å². The molecule has 0 spiro atoms. The van der Waals surface area contributed by atoms with Crippen molar-refractivity contribution in [1.82, 2.24) is 4.90 Å². The van der Waals surface area contributed by atoms with E-state index in [0.29, 0.717) is 18.0 Å². The molecular formula is C13H16ClNO3. The van der Waals surface area contributed by atoms with Gasteiger partial charge in [0.1, 0.15) is 6.54 Å². The Hall–Kier alpha value is -1.55. The van der Waals surface area contributed by atoms with Crippen molar-refractivity contribution >= 4 is 23.5 Å². The Morgan fingerprint density at radius 3 is 2.67 bits per heavy atom. The summed E-state index contributed by atoms with van der Waals surface area (Å²) >= 11 is 5.72. The number of alkyl halides is 1. The number of carbonyl (C=O) groups excluding carboxylic acids is 2. The number of halogens is 1. The second kappa shape index (κ2) is 7.01.